The van der Waals surface area contributed by atoms with Crippen LogP contribution in [0.25, 0.3) is 0 Å². The van der Waals surface area contributed by atoms with Gasteiger partial charge in [-0.2, -0.15) is 13.2 Å². The van der Waals surface area contributed by atoms with Crippen LogP contribution in [0.5, 0.6) is 0 Å². The second-order valence-electron chi connectivity index (χ2n) is 4.67. The number of hydrogen-bond acceptors (Lipinski definition) is 2. The Balaban J connectivity index is 2.85. The van der Waals surface area contributed by atoms with Gasteiger partial charge in [-0.15, -0.1) is 0 Å². The number of alkyl halides is 3. The summed E-state index contributed by atoms with van der Waals surface area (Å²) in [6.07, 6.45) is -4.46. The molecule has 1 aromatic carbocycles. The van der Waals surface area contributed by atoms with Crippen molar-refractivity contribution in [3.63, 3.8) is 0 Å². The highest BCUT2D eigenvalue weighted by molar-refractivity contribution is 5.97. The van der Waals surface area contributed by atoms with Gasteiger partial charge >= 0.3 is 6.18 Å². The zero-order chi connectivity index (χ0) is 15.5. The van der Waals surface area contributed by atoms with Crippen molar-refractivity contribution in [1.29, 1.82) is 0 Å². The molecule has 0 aromatic heterocycles. The van der Waals surface area contributed by atoms with Crippen LogP contribution in [-0.2, 0) is 11.0 Å². The molecule has 0 heterocycles. The Morgan fingerprint density at radius 2 is 1.65 bits per heavy atom. The first kappa shape index (κ1) is 16.0. The normalized spacial score (nSPS) is 13.1. The van der Waals surface area contributed by atoms with Crippen LogP contribution in [0.2, 0.25) is 0 Å². The van der Waals surface area contributed by atoms with Crippen molar-refractivity contribution in [3.05, 3.63) is 35.4 Å². The fourth-order valence-electron chi connectivity index (χ4n) is 1.60. The van der Waals surface area contributed by atoms with E-state index in [1.54, 1.807) is 13.8 Å². The fourth-order valence-corrected chi connectivity index (χ4v) is 1.60. The highest BCUT2D eigenvalue weighted by Crippen LogP contribution is 2.29. The van der Waals surface area contributed by atoms with Gasteiger partial charge < -0.3 is 11.1 Å². The van der Waals surface area contributed by atoms with E-state index >= 15 is 0 Å². The average molecular weight is 288 g/mol. The summed E-state index contributed by atoms with van der Waals surface area (Å²) in [7, 11) is 0. The Hall–Kier alpha value is -2.05. The molecule has 0 spiro atoms. The highest BCUT2D eigenvalue weighted by atomic mass is 19.4. The summed E-state index contributed by atoms with van der Waals surface area (Å²) < 4.78 is 37.1. The number of nitrogens with one attached hydrogen (secondary N) is 1. The van der Waals surface area contributed by atoms with Crippen molar-refractivity contribution >= 4 is 11.8 Å². The molecule has 4 nitrogen and oxygen atoms in total. The van der Waals surface area contributed by atoms with Crippen molar-refractivity contribution < 1.29 is 22.8 Å². The molecule has 0 radical (unpaired) electrons. The molecule has 0 aliphatic rings. The number of amides is 2. The monoisotopic (exact) mass is 288 g/mol. The molecule has 0 saturated heterocycles. The van der Waals surface area contributed by atoms with Crippen LogP contribution >= 0.6 is 0 Å². The van der Waals surface area contributed by atoms with Gasteiger partial charge in [-0.05, 0) is 30.2 Å². The van der Waals surface area contributed by atoms with Crippen LogP contribution in [-0.4, -0.2) is 17.9 Å². The largest absolute Gasteiger partial charge is 0.416 e. The Morgan fingerprint density at radius 1 is 1.15 bits per heavy atom. The van der Waals surface area contributed by atoms with Crippen molar-refractivity contribution in [2.45, 2.75) is 26.1 Å². The summed E-state index contributed by atoms with van der Waals surface area (Å²) in [5, 5.41) is 2.40. The van der Waals surface area contributed by atoms with Gasteiger partial charge in [0.15, 0.2) is 0 Å². The molecular weight excluding hydrogens is 273 g/mol. The lowest BCUT2D eigenvalue weighted by atomic mass is 10.0. The summed E-state index contributed by atoms with van der Waals surface area (Å²) in [5.41, 5.74) is 4.33. The van der Waals surface area contributed by atoms with E-state index in [1.165, 1.54) is 0 Å². The van der Waals surface area contributed by atoms with Crippen LogP contribution in [0, 0.1) is 5.92 Å². The lowest BCUT2D eigenvalue weighted by Gasteiger charge is -2.19. The van der Waals surface area contributed by atoms with Gasteiger partial charge in [0.2, 0.25) is 5.91 Å². The molecule has 110 valence electrons. The maximum atomic E-state index is 12.4. The van der Waals surface area contributed by atoms with Crippen LogP contribution < -0.4 is 11.1 Å². The molecule has 1 aromatic rings. The lowest BCUT2D eigenvalue weighted by molar-refractivity contribution is -0.137. The number of primary amides is 1. The predicted molar refractivity (Wildman–Crippen MR) is 66.7 cm³/mol. The van der Waals surface area contributed by atoms with Gasteiger partial charge in [0, 0.05) is 5.56 Å². The molecule has 2 amide bonds. The van der Waals surface area contributed by atoms with Crippen molar-refractivity contribution in [2.24, 2.45) is 11.7 Å². The van der Waals surface area contributed by atoms with Gasteiger partial charge in [0.25, 0.3) is 5.91 Å². The van der Waals surface area contributed by atoms with Gasteiger partial charge in [0.1, 0.15) is 6.04 Å². The zero-order valence-corrected chi connectivity index (χ0v) is 11.0. The van der Waals surface area contributed by atoms with Gasteiger partial charge in [-0.3, -0.25) is 9.59 Å². The zero-order valence-electron chi connectivity index (χ0n) is 11.0. The first-order valence-electron chi connectivity index (χ1n) is 5.90. The summed E-state index contributed by atoms with van der Waals surface area (Å²) in [4.78, 5) is 23.0. The van der Waals surface area contributed by atoms with Crippen LogP contribution in [0.4, 0.5) is 13.2 Å². The fraction of sp³-hybridized carbons (Fsp3) is 0.385. The smallest absolute Gasteiger partial charge is 0.368 e. The van der Waals surface area contributed by atoms with E-state index in [9.17, 15) is 22.8 Å². The number of carbonyl (C=O) groups excluding carboxylic acids is 2. The first-order chi connectivity index (χ1) is 9.12. The van der Waals surface area contributed by atoms with Crippen molar-refractivity contribution in [1.82, 2.24) is 5.32 Å². The molecule has 0 aliphatic heterocycles. The summed E-state index contributed by atoms with van der Waals surface area (Å²) in [6.45, 7) is 3.39. The Morgan fingerprint density at radius 3 is 2.00 bits per heavy atom. The second-order valence-corrected chi connectivity index (χ2v) is 4.67. The van der Waals surface area contributed by atoms with Crippen molar-refractivity contribution in [2.75, 3.05) is 0 Å². The van der Waals surface area contributed by atoms with Gasteiger partial charge in [-0.25, -0.2) is 0 Å². The van der Waals surface area contributed by atoms with Gasteiger partial charge in [-0.1, -0.05) is 13.8 Å². The minimum atomic E-state index is -4.46. The number of nitrogens with two attached hydrogens (primary N) is 1. The van der Waals surface area contributed by atoms with E-state index in [1.807, 2.05) is 0 Å². The molecule has 0 aliphatic carbocycles. The summed E-state index contributed by atoms with van der Waals surface area (Å²) in [6, 6.07) is 2.85. The number of carbonyl (C=O) groups is 2. The van der Waals surface area contributed by atoms with E-state index in [-0.39, 0.29) is 11.5 Å². The van der Waals surface area contributed by atoms with Crippen LogP contribution in [0.3, 0.4) is 0 Å². The third-order valence-electron chi connectivity index (χ3n) is 2.73. The summed E-state index contributed by atoms with van der Waals surface area (Å²) >= 11 is 0. The van der Waals surface area contributed by atoms with Gasteiger partial charge in [0.05, 0.1) is 5.56 Å². The maximum absolute atomic E-state index is 12.4. The third-order valence-corrected chi connectivity index (χ3v) is 2.73. The Kier molecular flexibility index (Phi) is 4.75. The molecule has 1 atom stereocenters. The van der Waals surface area contributed by atoms with E-state index < -0.39 is 29.6 Å². The molecule has 20 heavy (non-hydrogen) atoms. The first-order valence-corrected chi connectivity index (χ1v) is 5.90. The maximum Gasteiger partial charge on any atom is 0.416 e. The molecular formula is C13H15F3N2O2. The minimum Gasteiger partial charge on any atom is -0.368 e. The molecule has 0 fully saturated rings. The second kappa shape index (κ2) is 5.94. The minimum absolute atomic E-state index is 0.0323. The van der Waals surface area contributed by atoms with E-state index in [2.05, 4.69) is 5.32 Å². The Bertz CT molecular complexity index is 495. The highest BCUT2D eigenvalue weighted by Gasteiger charge is 2.30. The molecule has 0 unspecified atom stereocenters. The molecule has 7 heteroatoms. The molecule has 0 saturated carbocycles. The van der Waals surface area contributed by atoms with Crippen molar-refractivity contribution in [3.8, 4) is 0 Å². The third kappa shape index (κ3) is 3.97. The topological polar surface area (TPSA) is 72.2 Å². The van der Waals surface area contributed by atoms with E-state index in [4.69, 9.17) is 5.73 Å². The SMILES string of the molecule is CC(C)[C@@H](NC(=O)c1ccc(C(F)(F)F)cc1)C(N)=O. The standard InChI is InChI=1S/C13H15F3N2O2/c1-7(2)10(11(17)19)18-12(20)8-3-5-9(6-4-8)13(14,15)16/h3-7,10H,1-2H3,(H2,17,19)(H,18,20)/t10-/m1/s1. The van der Waals surface area contributed by atoms with E-state index in [0.717, 1.165) is 24.3 Å². The quantitative estimate of drug-likeness (QED) is 0.888. The average Bonchev–Trinajstić information content (AvgIpc) is 2.34. The molecule has 1 rings (SSSR count). The number of hydrogen-bond donors (Lipinski definition) is 2. The number of benzene rings is 1. The van der Waals surface area contributed by atoms with Crippen LogP contribution in [0.15, 0.2) is 24.3 Å². The lowest BCUT2D eigenvalue weighted by Crippen LogP contribution is -2.47. The van der Waals surface area contributed by atoms with E-state index in [0.29, 0.717) is 0 Å². The number of halogens is 3. The predicted octanol–water partition coefficient (Wildman–Crippen LogP) is 1.95. The van der Waals surface area contributed by atoms with Crippen LogP contribution in [0.1, 0.15) is 29.8 Å². The Labute approximate surface area is 114 Å². The number of rotatable bonds is 4. The molecule has 0 bridgehead atoms. The molecule has 3 N–H and O–H groups in total. The summed E-state index contributed by atoms with van der Waals surface area (Å²) in [5.74, 6) is -1.55.